The Hall–Kier alpha value is -1.06. The Kier molecular flexibility index (Phi) is 5.02. The molecule has 0 bridgehead atoms. The predicted molar refractivity (Wildman–Crippen MR) is 75.2 cm³/mol. The van der Waals surface area contributed by atoms with Crippen LogP contribution in [-0.2, 0) is 6.42 Å². The second kappa shape index (κ2) is 6.76. The maximum absolute atomic E-state index is 5.18. The van der Waals surface area contributed by atoms with Gasteiger partial charge in [0.1, 0.15) is 5.75 Å². The van der Waals surface area contributed by atoms with Crippen LogP contribution < -0.4 is 10.1 Å². The van der Waals surface area contributed by atoms with Crippen LogP contribution in [0.2, 0.25) is 0 Å². The highest BCUT2D eigenvalue weighted by atomic mass is 16.5. The van der Waals surface area contributed by atoms with Gasteiger partial charge in [-0.2, -0.15) is 0 Å². The van der Waals surface area contributed by atoms with Crippen LogP contribution in [0.1, 0.15) is 18.9 Å². The molecule has 1 aromatic carbocycles. The summed E-state index contributed by atoms with van der Waals surface area (Å²) >= 11 is 0. The number of hydrogen-bond acceptors (Lipinski definition) is 3. The van der Waals surface area contributed by atoms with E-state index in [0.29, 0.717) is 6.04 Å². The Morgan fingerprint density at radius 1 is 1.33 bits per heavy atom. The van der Waals surface area contributed by atoms with Gasteiger partial charge < -0.3 is 15.0 Å². The molecule has 1 aliphatic heterocycles. The topological polar surface area (TPSA) is 24.5 Å². The third-order valence-corrected chi connectivity index (χ3v) is 3.55. The molecule has 1 fully saturated rings. The maximum atomic E-state index is 5.18. The van der Waals surface area contributed by atoms with Gasteiger partial charge in [0.15, 0.2) is 0 Å². The van der Waals surface area contributed by atoms with Gasteiger partial charge in [-0.1, -0.05) is 12.1 Å². The van der Waals surface area contributed by atoms with Crippen molar-refractivity contribution < 1.29 is 4.74 Å². The lowest BCUT2D eigenvalue weighted by Crippen LogP contribution is -2.36. The quantitative estimate of drug-likeness (QED) is 0.881. The van der Waals surface area contributed by atoms with E-state index in [9.17, 15) is 0 Å². The molecular weight excluding hydrogens is 224 g/mol. The van der Waals surface area contributed by atoms with Gasteiger partial charge in [0, 0.05) is 19.1 Å². The minimum Gasteiger partial charge on any atom is -0.497 e. The summed E-state index contributed by atoms with van der Waals surface area (Å²) in [6, 6.07) is 9.03. The summed E-state index contributed by atoms with van der Waals surface area (Å²) < 4.78 is 5.18. The van der Waals surface area contributed by atoms with Crippen molar-refractivity contribution in [2.45, 2.75) is 25.8 Å². The molecular formula is C15H24N2O. The summed E-state index contributed by atoms with van der Waals surface area (Å²) in [6.45, 7) is 6.95. The molecule has 100 valence electrons. The van der Waals surface area contributed by atoms with Gasteiger partial charge in [0.25, 0.3) is 0 Å². The number of hydrogen-bond donors (Lipinski definition) is 1. The highest BCUT2D eigenvalue weighted by Gasteiger charge is 2.13. The van der Waals surface area contributed by atoms with Crippen LogP contribution in [0.4, 0.5) is 0 Å². The lowest BCUT2D eigenvalue weighted by molar-refractivity contribution is 0.276. The summed E-state index contributed by atoms with van der Waals surface area (Å²) in [5.41, 5.74) is 1.39. The maximum Gasteiger partial charge on any atom is 0.118 e. The van der Waals surface area contributed by atoms with Crippen molar-refractivity contribution in [1.82, 2.24) is 10.2 Å². The number of nitrogens with zero attached hydrogens (tertiary/aromatic N) is 1. The van der Waals surface area contributed by atoms with Crippen molar-refractivity contribution >= 4 is 0 Å². The predicted octanol–water partition coefficient (Wildman–Crippen LogP) is 1.92. The van der Waals surface area contributed by atoms with E-state index in [-0.39, 0.29) is 0 Å². The zero-order valence-corrected chi connectivity index (χ0v) is 11.5. The second-order valence-corrected chi connectivity index (χ2v) is 5.11. The van der Waals surface area contributed by atoms with Gasteiger partial charge in [0.05, 0.1) is 7.11 Å². The van der Waals surface area contributed by atoms with E-state index >= 15 is 0 Å². The van der Waals surface area contributed by atoms with Crippen LogP contribution in [-0.4, -0.2) is 44.2 Å². The minimum atomic E-state index is 0.614. The monoisotopic (exact) mass is 248 g/mol. The molecule has 3 nitrogen and oxygen atoms in total. The van der Waals surface area contributed by atoms with Gasteiger partial charge in [-0.3, -0.25) is 0 Å². The number of benzene rings is 1. The first-order chi connectivity index (χ1) is 8.78. The SMILES string of the molecule is COc1ccc(CCN2CCCNC(C)C2)cc1. The number of ether oxygens (including phenoxy) is 1. The zero-order valence-electron chi connectivity index (χ0n) is 11.5. The highest BCUT2D eigenvalue weighted by molar-refractivity contribution is 5.27. The first-order valence-corrected chi connectivity index (χ1v) is 6.86. The third-order valence-electron chi connectivity index (χ3n) is 3.55. The van der Waals surface area contributed by atoms with Crippen LogP contribution in [0.25, 0.3) is 0 Å². The zero-order chi connectivity index (χ0) is 12.8. The van der Waals surface area contributed by atoms with Gasteiger partial charge in [-0.05, 0) is 50.6 Å². The minimum absolute atomic E-state index is 0.614. The molecule has 0 amide bonds. The molecule has 0 spiro atoms. The summed E-state index contributed by atoms with van der Waals surface area (Å²) in [5, 5.41) is 3.53. The van der Waals surface area contributed by atoms with Crippen LogP contribution in [0, 0.1) is 0 Å². The first kappa shape index (κ1) is 13.4. The summed E-state index contributed by atoms with van der Waals surface area (Å²) in [7, 11) is 1.71. The van der Waals surface area contributed by atoms with Crippen molar-refractivity contribution in [2.24, 2.45) is 0 Å². The Morgan fingerprint density at radius 2 is 2.11 bits per heavy atom. The van der Waals surface area contributed by atoms with E-state index in [1.807, 2.05) is 12.1 Å². The molecule has 3 heteroatoms. The summed E-state index contributed by atoms with van der Waals surface area (Å²) in [4.78, 5) is 2.56. The Labute approximate surface area is 110 Å². The smallest absolute Gasteiger partial charge is 0.118 e. The fraction of sp³-hybridized carbons (Fsp3) is 0.600. The molecule has 0 saturated carbocycles. The van der Waals surface area contributed by atoms with Crippen LogP contribution in [0.5, 0.6) is 5.75 Å². The first-order valence-electron chi connectivity index (χ1n) is 6.86. The number of rotatable bonds is 4. The molecule has 1 N–H and O–H groups in total. The number of methoxy groups -OCH3 is 1. The van der Waals surface area contributed by atoms with E-state index in [4.69, 9.17) is 4.74 Å². The fourth-order valence-corrected chi connectivity index (χ4v) is 2.48. The molecule has 1 saturated heterocycles. The van der Waals surface area contributed by atoms with Gasteiger partial charge >= 0.3 is 0 Å². The molecule has 1 atom stereocenters. The average molecular weight is 248 g/mol. The molecule has 1 unspecified atom stereocenters. The van der Waals surface area contributed by atoms with Crippen LogP contribution >= 0.6 is 0 Å². The largest absolute Gasteiger partial charge is 0.497 e. The molecule has 1 heterocycles. The second-order valence-electron chi connectivity index (χ2n) is 5.11. The van der Waals surface area contributed by atoms with E-state index < -0.39 is 0 Å². The van der Waals surface area contributed by atoms with Crippen molar-refractivity contribution in [3.05, 3.63) is 29.8 Å². The Bertz CT molecular complexity index is 350. The van der Waals surface area contributed by atoms with Gasteiger partial charge in [0.2, 0.25) is 0 Å². The number of nitrogens with one attached hydrogen (secondary N) is 1. The molecule has 2 rings (SSSR count). The average Bonchev–Trinajstić information content (AvgIpc) is 2.61. The molecule has 18 heavy (non-hydrogen) atoms. The summed E-state index contributed by atoms with van der Waals surface area (Å²) in [5.74, 6) is 0.936. The van der Waals surface area contributed by atoms with E-state index in [0.717, 1.165) is 31.8 Å². The standard InChI is InChI=1S/C15H24N2O/c1-13-12-17(10-3-9-16-13)11-8-14-4-6-15(18-2)7-5-14/h4-7,13,16H,3,8-12H2,1-2H3. The molecule has 1 aromatic rings. The van der Waals surface area contributed by atoms with Crippen molar-refractivity contribution in [1.29, 1.82) is 0 Å². The normalized spacial score (nSPS) is 21.6. The fourth-order valence-electron chi connectivity index (χ4n) is 2.48. The molecule has 0 aliphatic carbocycles. The summed E-state index contributed by atoms with van der Waals surface area (Å²) in [6.07, 6.45) is 2.38. The third kappa shape index (κ3) is 4.00. The molecule has 0 aromatic heterocycles. The molecule has 1 aliphatic rings. The van der Waals surface area contributed by atoms with E-state index in [1.165, 1.54) is 18.5 Å². The van der Waals surface area contributed by atoms with Crippen molar-refractivity contribution in [2.75, 3.05) is 33.3 Å². The lowest BCUT2D eigenvalue weighted by atomic mass is 10.1. The van der Waals surface area contributed by atoms with Crippen LogP contribution in [0.15, 0.2) is 24.3 Å². The van der Waals surface area contributed by atoms with E-state index in [2.05, 4.69) is 29.3 Å². The Balaban J connectivity index is 1.82. The van der Waals surface area contributed by atoms with Gasteiger partial charge in [-0.15, -0.1) is 0 Å². The van der Waals surface area contributed by atoms with Gasteiger partial charge in [-0.25, -0.2) is 0 Å². The highest BCUT2D eigenvalue weighted by Crippen LogP contribution is 2.12. The van der Waals surface area contributed by atoms with Crippen LogP contribution in [0.3, 0.4) is 0 Å². The van der Waals surface area contributed by atoms with Crippen molar-refractivity contribution in [3.63, 3.8) is 0 Å². The van der Waals surface area contributed by atoms with E-state index in [1.54, 1.807) is 7.11 Å². The lowest BCUT2D eigenvalue weighted by Gasteiger charge is -2.22. The Morgan fingerprint density at radius 3 is 2.83 bits per heavy atom. The van der Waals surface area contributed by atoms with Crippen molar-refractivity contribution in [3.8, 4) is 5.75 Å². The molecule has 0 radical (unpaired) electrons.